The van der Waals surface area contributed by atoms with E-state index in [-0.39, 0.29) is 5.16 Å². The molecule has 0 aromatic carbocycles. The third-order valence-corrected chi connectivity index (χ3v) is 1.70. The van der Waals surface area contributed by atoms with Gasteiger partial charge in [0, 0.05) is 6.08 Å². The molecule has 1 unspecified atom stereocenters. The maximum atomic E-state index is 10.3. The van der Waals surface area contributed by atoms with Gasteiger partial charge in [0.2, 0.25) is 0 Å². The predicted molar refractivity (Wildman–Crippen MR) is 41.8 cm³/mol. The van der Waals surface area contributed by atoms with Crippen LogP contribution in [0.25, 0.3) is 0 Å². The van der Waals surface area contributed by atoms with Crippen molar-refractivity contribution in [1.29, 1.82) is 0 Å². The quantitative estimate of drug-likeness (QED) is 0.297. The number of hydrogen-bond acceptors (Lipinski definition) is 3. The van der Waals surface area contributed by atoms with E-state index >= 15 is 0 Å². The van der Waals surface area contributed by atoms with Crippen LogP contribution >= 0.6 is 23.2 Å². The molecule has 0 aliphatic carbocycles. The zero-order valence-electron chi connectivity index (χ0n) is 5.25. The molecule has 0 fully saturated rings. The van der Waals surface area contributed by atoms with Crippen molar-refractivity contribution in [2.45, 2.75) is 5.12 Å². The van der Waals surface area contributed by atoms with Gasteiger partial charge in [-0.3, -0.25) is 15.4 Å². The van der Waals surface area contributed by atoms with Crippen molar-refractivity contribution in [1.82, 2.24) is 5.32 Å². The summed E-state index contributed by atoms with van der Waals surface area (Å²) in [5.41, 5.74) is 0. The number of nitrogens with one attached hydrogen (secondary N) is 1. The van der Waals surface area contributed by atoms with Crippen LogP contribution in [0, 0.1) is 10.1 Å². The Morgan fingerprint density at radius 3 is 2.73 bits per heavy atom. The van der Waals surface area contributed by atoms with Gasteiger partial charge >= 0.3 is 5.12 Å². The largest absolute Gasteiger partial charge is 0.392 e. The Labute approximate surface area is 72.6 Å². The fourth-order valence-corrected chi connectivity index (χ4v) is 1.06. The molecular formula is C5H4Cl2N2O2. The molecule has 0 radical (unpaired) electrons. The van der Waals surface area contributed by atoms with Crippen LogP contribution in [0.4, 0.5) is 0 Å². The molecule has 1 atom stereocenters. The van der Waals surface area contributed by atoms with Crippen LogP contribution in [0.3, 0.4) is 0 Å². The summed E-state index contributed by atoms with van der Waals surface area (Å²) in [6, 6.07) is 0. The Bertz CT molecular complexity index is 251. The highest BCUT2D eigenvalue weighted by atomic mass is 35.5. The normalized spacial score (nSPS) is 29.1. The van der Waals surface area contributed by atoms with Crippen molar-refractivity contribution >= 4 is 23.2 Å². The highest BCUT2D eigenvalue weighted by Gasteiger charge is 2.38. The number of dihydropyridines is 1. The van der Waals surface area contributed by atoms with E-state index in [1.165, 1.54) is 18.2 Å². The molecule has 1 aliphatic heterocycles. The molecular weight excluding hydrogens is 191 g/mol. The van der Waals surface area contributed by atoms with Gasteiger partial charge < -0.3 is 0 Å². The highest BCUT2D eigenvalue weighted by molar-refractivity contribution is 6.31. The summed E-state index contributed by atoms with van der Waals surface area (Å²) in [5, 5.41) is 11.0. The smallest absolute Gasteiger partial charge is 0.294 e. The van der Waals surface area contributed by atoms with Crippen molar-refractivity contribution in [3.8, 4) is 0 Å². The van der Waals surface area contributed by atoms with Gasteiger partial charge in [-0.15, -0.1) is 0 Å². The molecule has 1 heterocycles. The molecule has 1 aliphatic rings. The van der Waals surface area contributed by atoms with Crippen molar-refractivity contribution in [2.75, 3.05) is 0 Å². The summed E-state index contributed by atoms with van der Waals surface area (Å²) in [5.74, 6) is 0. The van der Waals surface area contributed by atoms with Crippen LogP contribution < -0.4 is 5.32 Å². The third-order valence-electron chi connectivity index (χ3n) is 1.12. The lowest BCUT2D eigenvalue weighted by Crippen LogP contribution is -2.44. The molecule has 1 rings (SSSR count). The molecule has 0 spiro atoms. The summed E-state index contributed by atoms with van der Waals surface area (Å²) >= 11 is 10.9. The van der Waals surface area contributed by atoms with E-state index in [1.54, 1.807) is 0 Å². The third kappa shape index (κ3) is 1.64. The van der Waals surface area contributed by atoms with Crippen molar-refractivity contribution < 1.29 is 4.92 Å². The van der Waals surface area contributed by atoms with Gasteiger partial charge in [-0.1, -0.05) is 17.7 Å². The maximum absolute atomic E-state index is 10.3. The second kappa shape index (κ2) is 2.71. The Hall–Kier alpha value is -0.740. The SMILES string of the molecule is O=[N+]([O-])C1(Cl)C=CC=C(Cl)N1. The number of alkyl halides is 1. The van der Waals surface area contributed by atoms with Crippen LogP contribution in [-0.4, -0.2) is 10.0 Å². The molecule has 0 saturated heterocycles. The summed E-state index contributed by atoms with van der Waals surface area (Å²) in [6.45, 7) is 0. The second-order valence-corrected chi connectivity index (χ2v) is 2.91. The Morgan fingerprint density at radius 2 is 2.36 bits per heavy atom. The number of rotatable bonds is 1. The van der Waals surface area contributed by atoms with E-state index in [0.29, 0.717) is 0 Å². The number of nitro groups is 1. The highest BCUT2D eigenvalue weighted by Crippen LogP contribution is 2.20. The molecule has 0 bridgehead atoms. The molecule has 0 amide bonds. The van der Waals surface area contributed by atoms with Gasteiger partial charge in [0.1, 0.15) is 5.16 Å². The minimum absolute atomic E-state index is 0.152. The number of hydrogen-bond donors (Lipinski definition) is 1. The van der Waals surface area contributed by atoms with Gasteiger partial charge in [-0.25, -0.2) is 0 Å². The molecule has 0 saturated carbocycles. The Balaban J connectivity index is 2.86. The van der Waals surface area contributed by atoms with Crippen LogP contribution in [0.1, 0.15) is 0 Å². The Kier molecular flexibility index (Phi) is 2.06. The van der Waals surface area contributed by atoms with Gasteiger partial charge in [0.25, 0.3) is 0 Å². The van der Waals surface area contributed by atoms with E-state index in [9.17, 15) is 10.1 Å². The zero-order chi connectivity index (χ0) is 8.48. The van der Waals surface area contributed by atoms with Gasteiger partial charge in [-0.05, 0) is 17.7 Å². The second-order valence-electron chi connectivity index (χ2n) is 1.93. The number of nitrogens with zero attached hydrogens (tertiary/aromatic N) is 1. The van der Waals surface area contributed by atoms with E-state index in [1.807, 2.05) is 0 Å². The first-order valence-electron chi connectivity index (χ1n) is 2.71. The lowest BCUT2D eigenvalue weighted by Gasteiger charge is -2.18. The van der Waals surface area contributed by atoms with Gasteiger partial charge in [0.15, 0.2) is 0 Å². The molecule has 6 heteroatoms. The van der Waals surface area contributed by atoms with Crippen LogP contribution in [0.2, 0.25) is 0 Å². The Morgan fingerprint density at radius 1 is 1.73 bits per heavy atom. The van der Waals surface area contributed by atoms with E-state index < -0.39 is 10.0 Å². The van der Waals surface area contributed by atoms with E-state index in [0.717, 1.165) is 0 Å². The molecule has 0 aromatic rings. The average Bonchev–Trinajstić information content (AvgIpc) is 1.86. The van der Waals surface area contributed by atoms with Gasteiger partial charge in [0.05, 0.1) is 4.92 Å². The number of allylic oxidation sites excluding steroid dienone is 2. The van der Waals surface area contributed by atoms with E-state index in [2.05, 4.69) is 5.32 Å². The first kappa shape index (κ1) is 8.36. The number of halogens is 2. The molecule has 0 aromatic heterocycles. The topological polar surface area (TPSA) is 55.2 Å². The molecule has 60 valence electrons. The monoisotopic (exact) mass is 194 g/mol. The van der Waals surface area contributed by atoms with Gasteiger partial charge in [-0.2, -0.15) is 0 Å². The summed E-state index contributed by atoms with van der Waals surface area (Å²) < 4.78 is 0. The van der Waals surface area contributed by atoms with Crippen molar-refractivity contribution in [3.63, 3.8) is 0 Å². The summed E-state index contributed by atoms with van der Waals surface area (Å²) in [4.78, 5) is 9.63. The fraction of sp³-hybridized carbons (Fsp3) is 0.200. The summed E-state index contributed by atoms with van der Waals surface area (Å²) in [7, 11) is 0. The average molecular weight is 195 g/mol. The van der Waals surface area contributed by atoms with Crippen molar-refractivity contribution in [2.24, 2.45) is 0 Å². The molecule has 4 nitrogen and oxygen atoms in total. The van der Waals surface area contributed by atoms with E-state index in [4.69, 9.17) is 23.2 Å². The maximum Gasteiger partial charge on any atom is 0.392 e. The predicted octanol–water partition coefficient (Wildman–Crippen LogP) is 1.40. The lowest BCUT2D eigenvalue weighted by molar-refractivity contribution is -0.533. The van der Waals surface area contributed by atoms with Crippen LogP contribution in [-0.2, 0) is 0 Å². The zero-order valence-corrected chi connectivity index (χ0v) is 6.76. The van der Waals surface area contributed by atoms with Crippen molar-refractivity contribution in [3.05, 3.63) is 33.5 Å². The first-order chi connectivity index (χ1) is 5.04. The van der Waals surface area contributed by atoms with Crippen LogP contribution in [0.15, 0.2) is 23.4 Å². The van der Waals surface area contributed by atoms with Crippen LogP contribution in [0.5, 0.6) is 0 Å². The molecule has 1 N–H and O–H groups in total. The minimum Gasteiger partial charge on any atom is -0.294 e. The minimum atomic E-state index is -1.79. The summed E-state index contributed by atoms with van der Waals surface area (Å²) in [6.07, 6.45) is 4.11. The fourth-order valence-electron chi connectivity index (χ4n) is 0.617. The standard InChI is InChI=1S/C5H4Cl2N2O2/c6-4-2-1-3-5(7,8-4)9(10)11/h1-3,8H. The molecule has 11 heavy (non-hydrogen) atoms. The lowest BCUT2D eigenvalue weighted by atomic mass is 10.3. The first-order valence-corrected chi connectivity index (χ1v) is 3.47.